The van der Waals surface area contributed by atoms with E-state index in [9.17, 15) is 5.21 Å². The smallest absolute Gasteiger partial charge is 0.251 e. The Hall–Kier alpha value is -2.79. The lowest BCUT2D eigenvalue weighted by atomic mass is 10.1. The maximum Gasteiger partial charge on any atom is 0.251 e. The summed E-state index contributed by atoms with van der Waals surface area (Å²) in [5.74, 6) is 0.668. The third-order valence-corrected chi connectivity index (χ3v) is 4.85. The molecule has 4 rings (SSSR count). The molecule has 0 aliphatic carbocycles. The van der Waals surface area contributed by atoms with E-state index < -0.39 is 0 Å². The topological polar surface area (TPSA) is 44.2 Å². The van der Waals surface area contributed by atoms with Gasteiger partial charge in [-0.1, -0.05) is 36.4 Å². The fourth-order valence-electron chi connectivity index (χ4n) is 2.68. The summed E-state index contributed by atoms with van der Waals surface area (Å²) in [6.45, 7) is 0. The Bertz CT molecular complexity index is 982. The van der Waals surface area contributed by atoms with E-state index in [-0.39, 0.29) is 0 Å². The number of nitrogens with zero attached hydrogens (tertiary/aromatic N) is 3. The van der Waals surface area contributed by atoms with Gasteiger partial charge in [-0.25, -0.2) is 4.98 Å². The van der Waals surface area contributed by atoms with Gasteiger partial charge < -0.3 is 9.61 Å². The summed E-state index contributed by atoms with van der Waals surface area (Å²) in [6.07, 6.45) is 3.54. The van der Waals surface area contributed by atoms with Gasteiger partial charge in [-0.3, -0.25) is 0 Å². The first-order valence-electron chi connectivity index (χ1n) is 7.65. The standard InChI is InChI=1S/C19H15N3OS/c23-22-13-7-5-11-18(22)24-14-16-19(15-8-2-1-3-9-15)20-17-10-4-6-12-21(16)17/h1-13H,14H2. The molecule has 0 aliphatic heterocycles. The molecule has 3 heterocycles. The van der Waals surface area contributed by atoms with E-state index in [0.29, 0.717) is 10.8 Å². The number of hydrogen-bond acceptors (Lipinski definition) is 3. The van der Waals surface area contributed by atoms with E-state index in [1.165, 1.54) is 18.0 Å². The van der Waals surface area contributed by atoms with Crippen LogP contribution in [0.2, 0.25) is 0 Å². The molecule has 5 heteroatoms. The van der Waals surface area contributed by atoms with E-state index in [1.54, 1.807) is 6.07 Å². The van der Waals surface area contributed by atoms with Gasteiger partial charge in [0.15, 0.2) is 6.20 Å². The van der Waals surface area contributed by atoms with E-state index in [2.05, 4.69) is 16.5 Å². The summed E-state index contributed by atoms with van der Waals surface area (Å²) in [4.78, 5) is 4.78. The minimum atomic E-state index is 0.668. The summed E-state index contributed by atoms with van der Waals surface area (Å²) in [5.41, 5.74) is 4.04. The predicted molar refractivity (Wildman–Crippen MR) is 95.6 cm³/mol. The molecule has 4 aromatic rings. The van der Waals surface area contributed by atoms with Crippen molar-refractivity contribution in [2.45, 2.75) is 10.8 Å². The van der Waals surface area contributed by atoms with Crippen molar-refractivity contribution in [3.63, 3.8) is 0 Å². The van der Waals surface area contributed by atoms with Gasteiger partial charge >= 0.3 is 0 Å². The van der Waals surface area contributed by atoms with Crippen molar-refractivity contribution in [2.24, 2.45) is 0 Å². The largest absolute Gasteiger partial charge is 0.618 e. The van der Waals surface area contributed by atoms with Gasteiger partial charge in [0.25, 0.3) is 5.03 Å². The molecule has 0 atom stereocenters. The van der Waals surface area contributed by atoms with Crippen LogP contribution in [0.3, 0.4) is 0 Å². The first kappa shape index (κ1) is 14.8. The average molecular weight is 333 g/mol. The number of aromatic nitrogens is 3. The van der Waals surface area contributed by atoms with Crippen molar-refractivity contribution >= 4 is 17.4 Å². The predicted octanol–water partition coefficient (Wildman–Crippen LogP) is 3.93. The molecule has 0 bridgehead atoms. The van der Waals surface area contributed by atoms with Crippen molar-refractivity contribution in [1.82, 2.24) is 9.38 Å². The molecule has 0 saturated heterocycles. The molecular formula is C19H15N3OS. The zero-order valence-corrected chi connectivity index (χ0v) is 13.7. The van der Waals surface area contributed by atoms with Gasteiger partial charge in [0, 0.05) is 29.6 Å². The molecule has 0 amide bonds. The van der Waals surface area contributed by atoms with Gasteiger partial charge in [0.2, 0.25) is 0 Å². The monoisotopic (exact) mass is 333 g/mol. The van der Waals surface area contributed by atoms with Crippen LogP contribution in [0.5, 0.6) is 0 Å². The van der Waals surface area contributed by atoms with Crippen LogP contribution in [-0.4, -0.2) is 9.38 Å². The van der Waals surface area contributed by atoms with Gasteiger partial charge in [0.1, 0.15) is 5.65 Å². The van der Waals surface area contributed by atoms with Crippen molar-refractivity contribution in [3.8, 4) is 11.3 Å². The minimum absolute atomic E-state index is 0.668. The lowest BCUT2D eigenvalue weighted by Crippen LogP contribution is -2.27. The number of hydrogen-bond donors (Lipinski definition) is 0. The second-order valence-corrected chi connectivity index (χ2v) is 6.35. The van der Waals surface area contributed by atoms with Gasteiger partial charge in [-0.05, 0) is 30.0 Å². The second kappa shape index (κ2) is 6.37. The highest BCUT2D eigenvalue weighted by Crippen LogP contribution is 2.29. The molecule has 0 saturated carbocycles. The summed E-state index contributed by atoms with van der Waals surface area (Å²) < 4.78 is 2.99. The normalized spacial score (nSPS) is 11.0. The Balaban J connectivity index is 1.77. The number of benzene rings is 1. The summed E-state index contributed by atoms with van der Waals surface area (Å²) in [7, 11) is 0. The zero-order chi connectivity index (χ0) is 16.4. The maximum absolute atomic E-state index is 11.9. The number of fused-ring (bicyclic) bond motifs is 1. The Morgan fingerprint density at radius 3 is 2.58 bits per heavy atom. The average Bonchev–Trinajstić information content (AvgIpc) is 3.00. The second-order valence-electron chi connectivity index (χ2n) is 5.36. The lowest BCUT2D eigenvalue weighted by Gasteiger charge is -2.06. The fourth-order valence-corrected chi connectivity index (χ4v) is 3.60. The number of rotatable bonds is 4. The van der Waals surface area contributed by atoms with Crippen LogP contribution in [0, 0.1) is 5.21 Å². The number of imidazole rings is 1. The molecule has 3 aromatic heterocycles. The highest BCUT2D eigenvalue weighted by molar-refractivity contribution is 7.98. The molecule has 0 aliphatic rings. The van der Waals surface area contributed by atoms with Crippen molar-refractivity contribution < 1.29 is 4.73 Å². The Morgan fingerprint density at radius 2 is 1.75 bits per heavy atom. The molecule has 0 radical (unpaired) electrons. The van der Waals surface area contributed by atoms with Crippen LogP contribution in [0.4, 0.5) is 0 Å². The van der Waals surface area contributed by atoms with E-state index >= 15 is 0 Å². The minimum Gasteiger partial charge on any atom is -0.618 e. The van der Waals surface area contributed by atoms with Crippen LogP contribution in [0.15, 0.2) is 84.1 Å². The first-order valence-corrected chi connectivity index (χ1v) is 8.64. The SMILES string of the molecule is [O-][n+]1ccccc1SCc1c(-c2ccccc2)nc2ccccn12. The van der Waals surface area contributed by atoms with Crippen molar-refractivity contribution in [1.29, 1.82) is 0 Å². The fraction of sp³-hybridized carbons (Fsp3) is 0.0526. The molecule has 0 unspecified atom stereocenters. The van der Waals surface area contributed by atoms with Crippen LogP contribution in [0.25, 0.3) is 16.9 Å². The van der Waals surface area contributed by atoms with Crippen LogP contribution >= 0.6 is 11.8 Å². The quantitative estimate of drug-likeness (QED) is 0.323. The highest BCUT2D eigenvalue weighted by atomic mass is 32.2. The van der Waals surface area contributed by atoms with Gasteiger partial charge in [-0.2, -0.15) is 4.73 Å². The lowest BCUT2D eigenvalue weighted by molar-refractivity contribution is -0.645. The summed E-state index contributed by atoms with van der Waals surface area (Å²) in [5, 5.41) is 12.6. The maximum atomic E-state index is 11.9. The Morgan fingerprint density at radius 1 is 0.958 bits per heavy atom. The summed E-state index contributed by atoms with van der Waals surface area (Å²) >= 11 is 1.52. The molecule has 0 N–H and O–H groups in total. The number of thioether (sulfide) groups is 1. The molecule has 118 valence electrons. The van der Waals surface area contributed by atoms with Crippen molar-refractivity contribution in [3.05, 3.63) is 90.0 Å². The van der Waals surface area contributed by atoms with E-state index in [0.717, 1.165) is 27.3 Å². The van der Waals surface area contributed by atoms with Crippen LogP contribution in [-0.2, 0) is 5.75 Å². The third kappa shape index (κ3) is 2.74. The van der Waals surface area contributed by atoms with Gasteiger partial charge in [-0.15, -0.1) is 0 Å². The van der Waals surface area contributed by atoms with Gasteiger partial charge in [0.05, 0.1) is 11.4 Å². The summed E-state index contributed by atoms with van der Waals surface area (Å²) in [6, 6.07) is 21.6. The van der Waals surface area contributed by atoms with Crippen LogP contribution < -0.4 is 4.73 Å². The zero-order valence-electron chi connectivity index (χ0n) is 12.9. The first-order chi connectivity index (χ1) is 11.8. The Labute approximate surface area is 144 Å². The molecule has 0 spiro atoms. The Kier molecular flexibility index (Phi) is 3.92. The van der Waals surface area contributed by atoms with E-state index in [1.807, 2.05) is 54.7 Å². The third-order valence-electron chi connectivity index (χ3n) is 3.82. The molecular weight excluding hydrogens is 318 g/mol. The highest BCUT2D eigenvalue weighted by Gasteiger charge is 2.15. The molecule has 4 nitrogen and oxygen atoms in total. The van der Waals surface area contributed by atoms with Crippen LogP contribution in [0.1, 0.15) is 5.69 Å². The molecule has 24 heavy (non-hydrogen) atoms. The molecule has 0 fully saturated rings. The van der Waals surface area contributed by atoms with Crippen molar-refractivity contribution in [2.75, 3.05) is 0 Å². The van der Waals surface area contributed by atoms with E-state index in [4.69, 9.17) is 4.98 Å². The number of pyridine rings is 2. The molecule has 1 aromatic carbocycles.